The molecule has 0 N–H and O–H groups in total. The quantitative estimate of drug-likeness (QED) is 0.226. The summed E-state index contributed by atoms with van der Waals surface area (Å²) in [5, 5.41) is 3.92. The maximum absolute atomic E-state index is 11.6. The minimum atomic E-state index is -0.494. The van der Waals surface area contributed by atoms with Crippen molar-refractivity contribution in [3.8, 4) is 11.5 Å². The summed E-state index contributed by atoms with van der Waals surface area (Å²) in [5.41, 5.74) is 0. The van der Waals surface area contributed by atoms with E-state index < -0.39 is 5.97 Å². The molecule has 0 bridgehead atoms. The van der Waals surface area contributed by atoms with Gasteiger partial charge in [0.2, 0.25) is 0 Å². The Balaban J connectivity index is 1.98. The van der Waals surface area contributed by atoms with Gasteiger partial charge in [-0.25, -0.2) is 4.79 Å². The van der Waals surface area contributed by atoms with Crippen LogP contribution >= 0.6 is 0 Å². The highest BCUT2D eigenvalue weighted by Crippen LogP contribution is 2.30. The molecule has 0 fully saturated rings. The molecule has 3 aromatic carbocycles. The van der Waals surface area contributed by atoms with E-state index in [1.165, 1.54) is 6.08 Å². The molecule has 0 saturated heterocycles. The lowest BCUT2D eigenvalue weighted by Crippen LogP contribution is -2.05. The van der Waals surface area contributed by atoms with Gasteiger partial charge in [-0.15, -0.1) is 6.58 Å². The molecule has 4 heteroatoms. The van der Waals surface area contributed by atoms with Gasteiger partial charge in [0.15, 0.2) is 0 Å². The fourth-order valence-electron chi connectivity index (χ4n) is 2.60. The number of ether oxygens (including phenoxy) is 2. The molecule has 0 heterocycles. The third kappa shape index (κ3) is 3.58. The van der Waals surface area contributed by atoms with Crippen molar-refractivity contribution >= 4 is 33.5 Å². The molecule has 25 heavy (non-hydrogen) atoms. The monoisotopic (exact) mass is 332 g/mol. The summed E-state index contributed by atoms with van der Waals surface area (Å²) in [6.07, 6.45) is 2.80. The van der Waals surface area contributed by atoms with E-state index in [4.69, 9.17) is 9.47 Å². The second-order valence-corrected chi connectivity index (χ2v) is 5.42. The van der Waals surface area contributed by atoms with Crippen LogP contribution in [0.25, 0.3) is 21.5 Å². The fourth-order valence-corrected chi connectivity index (χ4v) is 2.60. The molecular formula is C21H16O4. The molecule has 0 radical (unpaired) electrons. The van der Waals surface area contributed by atoms with E-state index in [9.17, 15) is 9.59 Å². The lowest BCUT2D eigenvalue weighted by atomic mass is 10.0. The summed E-state index contributed by atoms with van der Waals surface area (Å²) >= 11 is 0. The van der Waals surface area contributed by atoms with E-state index in [-0.39, 0.29) is 12.4 Å². The standard InChI is InChI=1S/C21H16O4/c1-3-5-21(23)25-17-9-11-19-15(13-17)7-6-14-12-16(8-10-18(14)19)24-20(22)4-2/h3-4,6-13H,1-2,5H2. The average molecular weight is 332 g/mol. The molecule has 0 aliphatic carbocycles. The van der Waals surface area contributed by atoms with Gasteiger partial charge >= 0.3 is 11.9 Å². The number of benzene rings is 3. The minimum Gasteiger partial charge on any atom is -0.426 e. The molecule has 3 rings (SSSR count). The number of hydrogen-bond donors (Lipinski definition) is 0. The Kier molecular flexibility index (Phi) is 4.61. The summed E-state index contributed by atoms with van der Waals surface area (Å²) in [5.74, 6) is 0.122. The Morgan fingerprint density at radius 1 is 0.840 bits per heavy atom. The molecule has 0 aliphatic heterocycles. The van der Waals surface area contributed by atoms with Crippen molar-refractivity contribution in [2.45, 2.75) is 6.42 Å². The number of carbonyl (C=O) groups excluding carboxylic acids is 2. The summed E-state index contributed by atoms with van der Waals surface area (Å²) < 4.78 is 10.4. The van der Waals surface area contributed by atoms with Gasteiger partial charge < -0.3 is 9.47 Å². The van der Waals surface area contributed by atoms with Gasteiger partial charge in [-0.2, -0.15) is 0 Å². The van der Waals surface area contributed by atoms with Gasteiger partial charge in [-0.05, 0) is 45.8 Å². The van der Waals surface area contributed by atoms with Crippen molar-refractivity contribution in [3.63, 3.8) is 0 Å². The van der Waals surface area contributed by atoms with Gasteiger partial charge in [0.1, 0.15) is 11.5 Å². The predicted molar refractivity (Wildman–Crippen MR) is 97.7 cm³/mol. The molecule has 0 saturated carbocycles. The zero-order chi connectivity index (χ0) is 17.8. The first-order chi connectivity index (χ1) is 12.1. The number of esters is 2. The van der Waals surface area contributed by atoms with Gasteiger partial charge in [0.25, 0.3) is 0 Å². The molecule has 0 spiro atoms. The lowest BCUT2D eigenvalue weighted by Gasteiger charge is -2.08. The fraction of sp³-hybridized carbons (Fsp3) is 0.0476. The first kappa shape index (κ1) is 16.5. The van der Waals surface area contributed by atoms with E-state index in [0.717, 1.165) is 27.6 Å². The highest BCUT2D eigenvalue weighted by molar-refractivity contribution is 6.08. The first-order valence-electron chi connectivity index (χ1n) is 7.73. The van der Waals surface area contributed by atoms with Gasteiger partial charge in [0, 0.05) is 6.08 Å². The van der Waals surface area contributed by atoms with Crippen LogP contribution < -0.4 is 9.47 Å². The highest BCUT2D eigenvalue weighted by atomic mass is 16.5. The SMILES string of the molecule is C=CCC(=O)Oc1ccc2c(ccc3cc(OC(=O)C=C)ccc32)c1. The minimum absolute atomic E-state index is 0.169. The van der Waals surface area contributed by atoms with Gasteiger partial charge in [-0.3, -0.25) is 4.79 Å². The third-order valence-electron chi connectivity index (χ3n) is 3.71. The Morgan fingerprint density at radius 2 is 1.40 bits per heavy atom. The van der Waals surface area contributed by atoms with Gasteiger partial charge in [-0.1, -0.05) is 36.9 Å². The zero-order valence-electron chi connectivity index (χ0n) is 13.5. The highest BCUT2D eigenvalue weighted by Gasteiger charge is 2.07. The van der Waals surface area contributed by atoms with Crippen LogP contribution in [0.4, 0.5) is 0 Å². The molecule has 0 aliphatic rings. The summed E-state index contributed by atoms with van der Waals surface area (Å²) in [4.78, 5) is 22.9. The largest absolute Gasteiger partial charge is 0.426 e. The van der Waals surface area contributed by atoms with Crippen molar-refractivity contribution in [1.82, 2.24) is 0 Å². The predicted octanol–water partition coefficient (Wildman–Crippen LogP) is 4.57. The molecule has 0 atom stereocenters. The molecule has 4 nitrogen and oxygen atoms in total. The number of carbonyl (C=O) groups is 2. The number of hydrogen-bond acceptors (Lipinski definition) is 4. The van der Waals surface area contributed by atoms with E-state index in [0.29, 0.717) is 11.5 Å². The number of fused-ring (bicyclic) bond motifs is 3. The molecule has 3 aromatic rings. The van der Waals surface area contributed by atoms with Crippen LogP contribution in [-0.4, -0.2) is 11.9 Å². The Morgan fingerprint density at radius 3 is 1.92 bits per heavy atom. The lowest BCUT2D eigenvalue weighted by molar-refractivity contribution is -0.133. The van der Waals surface area contributed by atoms with Crippen LogP contribution in [0.5, 0.6) is 11.5 Å². The Labute approximate surface area is 145 Å². The second-order valence-electron chi connectivity index (χ2n) is 5.42. The molecule has 0 amide bonds. The molecule has 0 aromatic heterocycles. The van der Waals surface area contributed by atoms with Crippen LogP contribution in [0.1, 0.15) is 6.42 Å². The van der Waals surface area contributed by atoms with E-state index in [2.05, 4.69) is 13.2 Å². The molecule has 0 unspecified atom stereocenters. The Hall–Kier alpha value is -3.40. The maximum Gasteiger partial charge on any atom is 0.335 e. The summed E-state index contributed by atoms with van der Waals surface area (Å²) in [6, 6.07) is 14.8. The van der Waals surface area contributed by atoms with E-state index in [1.807, 2.05) is 30.3 Å². The van der Waals surface area contributed by atoms with Crippen LogP contribution in [-0.2, 0) is 9.59 Å². The van der Waals surface area contributed by atoms with Gasteiger partial charge in [0.05, 0.1) is 6.42 Å². The van der Waals surface area contributed by atoms with Crippen LogP contribution in [0, 0.1) is 0 Å². The van der Waals surface area contributed by atoms with Crippen molar-refractivity contribution in [2.24, 2.45) is 0 Å². The summed E-state index contributed by atoms with van der Waals surface area (Å²) in [6.45, 7) is 6.90. The number of rotatable bonds is 5. The third-order valence-corrected chi connectivity index (χ3v) is 3.71. The van der Waals surface area contributed by atoms with E-state index >= 15 is 0 Å². The topological polar surface area (TPSA) is 52.6 Å². The van der Waals surface area contributed by atoms with Crippen molar-refractivity contribution in [3.05, 3.63) is 73.8 Å². The zero-order valence-corrected chi connectivity index (χ0v) is 13.5. The molecule has 124 valence electrons. The van der Waals surface area contributed by atoms with Crippen LogP contribution in [0.3, 0.4) is 0 Å². The smallest absolute Gasteiger partial charge is 0.335 e. The normalized spacial score (nSPS) is 10.4. The second kappa shape index (κ2) is 7.01. The van der Waals surface area contributed by atoms with Crippen LogP contribution in [0.15, 0.2) is 73.8 Å². The van der Waals surface area contributed by atoms with Crippen molar-refractivity contribution in [1.29, 1.82) is 0 Å². The van der Waals surface area contributed by atoms with Crippen LogP contribution in [0.2, 0.25) is 0 Å². The van der Waals surface area contributed by atoms with Crippen molar-refractivity contribution in [2.75, 3.05) is 0 Å². The Bertz CT molecular complexity index is 1000. The maximum atomic E-state index is 11.6. The first-order valence-corrected chi connectivity index (χ1v) is 7.73. The van der Waals surface area contributed by atoms with E-state index in [1.54, 1.807) is 18.2 Å². The molecular weight excluding hydrogens is 316 g/mol. The van der Waals surface area contributed by atoms with Crippen molar-refractivity contribution < 1.29 is 19.1 Å². The average Bonchev–Trinajstić information content (AvgIpc) is 2.61. The summed E-state index contributed by atoms with van der Waals surface area (Å²) in [7, 11) is 0.